The number of halogens is 1. The number of nitrogen functional groups attached to an aromatic ring is 1. The van der Waals surface area contributed by atoms with Gasteiger partial charge in [-0.25, -0.2) is 19.2 Å². The van der Waals surface area contributed by atoms with Crippen LogP contribution in [0.25, 0.3) is 21.3 Å². The second kappa shape index (κ2) is 7.14. The minimum Gasteiger partial charge on any atom is -0.383 e. The number of benzene rings is 2. The zero-order valence-electron chi connectivity index (χ0n) is 15.8. The van der Waals surface area contributed by atoms with Gasteiger partial charge in [0.15, 0.2) is 0 Å². The van der Waals surface area contributed by atoms with Crippen LogP contribution in [0, 0.1) is 19.7 Å². The van der Waals surface area contributed by atoms with Crippen LogP contribution in [-0.2, 0) is 0 Å². The monoisotopic (exact) mass is 407 g/mol. The summed E-state index contributed by atoms with van der Waals surface area (Å²) in [7, 11) is 0. The predicted molar refractivity (Wildman–Crippen MR) is 115 cm³/mol. The van der Waals surface area contributed by atoms with E-state index in [0.717, 1.165) is 25.7 Å². The van der Waals surface area contributed by atoms with E-state index in [1.165, 1.54) is 23.7 Å². The minimum atomic E-state index is -0.767. The molecule has 4 N–H and O–H groups in total. The number of carbonyl (C=O) groups is 1. The third kappa shape index (κ3) is 3.27. The van der Waals surface area contributed by atoms with E-state index in [4.69, 9.17) is 11.5 Å². The summed E-state index contributed by atoms with van der Waals surface area (Å²) in [6.45, 7) is 3.81. The number of amides is 2. The molecule has 0 saturated heterocycles. The Morgan fingerprint density at radius 2 is 1.93 bits per heavy atom. The number of thiophene rings is 1. The normalized spacial score (nSPS) is 11.0. The molecule has 2 aromatic carbocycles. The highest BCUT2D eigenvalue weighted by Gasteiger charge is 2.21. The van der Waals surface area contributed by atoms with Crippen molar-refractivity contribution in [3.05, 3.63) is 65.0 Å². The fraction of sp³-hybridized carbons (Fsp3) is 0.0952. The van der Waals surface area contributed by atoms with Crippen molar-refractivity contribution in [2.45, 2.75) is 13.8 Å². The van der Waals surface area contributed by atoms with Gasteiger partial charge in [0, 0.05) is 10.4 Å². The maximum Gasteiger partial charge on any atom is 0.323 e. The van der Waals surface area contributed by atoms with E-state index in [2.05, 4.69) is 9.97 Å². The highest BCUT2D eigenvalue weighted by Crippen LogP contribution is 2.41. The van der Waals surface area contributed by atoms with Crippen LogP contribution in [0.5, 0.6) is 0 Å². The summed E-state index contributed by atoms with van der Waals surface area (Å²) in [5.74, 6) is -0.227. The van der Waals surface area contributed by atoms with Gasteiger partial charge in [-0.05, 0) is 49.2 Å². The smallest absolute Gasteiger partial charge is 0.323 e. The van der Waals surface area contributed by atoms with E-state index in [1.807, 2.05) is 19.9 Å². The number of nitrogens with two attached hydrogens (primary N) is 2. The molecule has 0 saturated carbocycles. The summed E-state index contributed by atoms with van der Waals surface area (Å²) in [5, 5.41) is 0.701. The molecule has 2 heterocycles. The number of aryl methyl sites for hydroxylation is 2. The second-order valence-electron chi connectivity index (χ2n) is 6.65. The van der Waals surface area contributed by atoms with Gasteiger partial charge in [0.2, 0.25) is 0 Å². The topological polar surface area (TPSA) is 98.1 Å². The number of urea groups is 1. The summed E-state index contributed by atoms with van der Waals surface area (Å²) in [5.41, 5.74) is 14.5. The van der Waals surface area contributed by atoms with Crippen LogP contribution >= 0.6 is 11.3 Å². The molecule has 0 atom stereocenters. The van der Waals surface area contributed by atoms with E-state index >= 15 is 4.39 Å². The van der Waals surface area contributed by atoms with Gasteiger partial charge in [-0.15, -0.1) is 11.3 Å². The highest BCUT2D eigenvalue weighted by atomic mass is 32.1. The van der Waals surface area contributed by atoms with Crippen molar-refractivity contribution in [3.8, 4) is 11.1 Å². The van der Waals surface area contributed by atoms with E-state index in [9.17, 15) is 4.79 Å². The molecular formula is C21H18FN5OS. The summed E-state index contributed by atoms with van der Waals surface area (Å²) in [6.07, 6.45) is 1.41. The lowest BCUT2D eigenvalue weighted by Crippen LogP contribution is -2.32. The number of anilines is 3. The third-order valence-corrected chi connectivity index (χ3v) is 5.66. The molecule has 2 amide bonds. The largest absolute Gasteiger partial charge is 0.383 e. The van der Waals surface area contributed by atoms with Gasteiger partial charge < -0.3 is 11.5 Å². The van der Waals surface area contributed by atoms with Crippen molar-refractivity contribution in [1.29, 1.82) is 0 Å². The van der Waals surface area contributed by atoms with Gasteiger partial charge in [-0.3, -0.25) is 4.90 Å². The molecule has 146 valence electrons. The van der Waals surface area contributed by atoms with E-state index < -0.39 is 11.8 Å². The predicted octanol–water partition coefficient (Wildman–Crippen LogP) is 4.91. The Morgan fingerprint density at radius 1 is 1.14 bits per heavy atom. The van der Waals surface area contributed by atoms with E-state index in [1.54, 1.807) is 30.3 Å². The quantitative estimate of drug-likeness (QED) is 0.504. The van der Waals surface area contributed by atoms with Crippen molar-refractivity contribution in [2.24, 2.45) is 5.73 Å². The summed E-state index contributed by atoms with van der Waals surface area (Å²) >= 11 is 1.47. The van der Waals surface area contributed by atoms with Crippen molar-refractivity contribution in [1.82, 2.24) is 9.97 Å². The minimum absolute atomic E-state index is 0.0771. The second-order valence-corrected chi connectivity index (χ2v) is 7.85. The summed E-state index contributed by atoms with van der Waals surface area (Å²) in [4.78, 5) is 23.3. The van der Waals surface area contributed by atoms with Gasteiger partial charge in [0.05, 0.1) is 16.8 Å². The summed E-state index contributed by atoms with van der Waals surface area (Å²) < 4.78 is 15.2. The molecule has 0 bridgehead atoms. The molecule has 0 aliphatic carbocycles. The molecule has 0 radical (unpaired) electrons. The first-order valence-corrected chi connectivity index (χ1v) is 9.64. The first kappa shape index (κ1) is 18.8. The van der Waals surface area contributed by atoms with Crippen LogP contribution in [0.1, 0.15) is 10.4 Å². The number of hydrogen-bond donors (Lipinski definition) is 2. The van der Waals surface area contributed by atoms with Crippen LogP contribution in [0.15, 0.2) is 48.8 Å². The van der Waals surface area contributed by atoms with Crippen LogP contribution < -0.4 is 16.4 Å². The van der Waals surface area contributed by atoms with Crippen molar-refractivity contribution in [2.75, 3.05) is 10.6 Å². The number of rotatable bonds is 3. The van der Waals surface area contributed by atoms with Gasteiger partial charge in [-0.2, -0.15) is 0 Å². The lowest BCUT2D eigenvalue weighted by atomic mass is 10.0. The molecule has 0 fully saturated rings. The molecule has 0 unspecified atom stereocenters. The number of nitrogens with zero attached hydrogens (tertiary/aromatic N) is 3. The molecule has 0 aliphatic heterocycles. The lowest BCUT2D eigenvalue weighted by molar-refractivity contribution is 0.256. The zero-order valence-corrected chi connectivity index (χ0v) is 16.6. The van der Waals surface area contributed by atoms with Gasteiger partial charge >= 0.3 is 6.03 Å². The zero-order chi connectivity index (χ0) is 20.7. The molecule has 4 rings (SSSR count). The fourth-order valence-corrected chi connectivity index (χ4v) is 4.43. The number of hydrogen-bond acceptors (Lipinski definition) is 5. The average Bonchev–Trinajstić information content (AvgIpc) is 3.00. The maximum absolute atomic E-state index is 15.2. The van der Waals surface area contributed by atoms with Gasteiger partial charge in [0.1, 0.15) is 22.8 Å². The Kier molecular flexibility index (Phi) is 4.63. The van der Waals surface area contributed by atoms with Crippen LogP contribution in [-0.4, -0.2) is 16.0 Å². The van der Waals surface area contributed by atoms with Crippen molar-refractivity contribution in [3.63, 3.8) is 0 Å². The highest BCUT2D eigenvalue weighted by molar-refractivity contribution is 7.19. The van der Waals surface area contributed by atoms with E-state index in [-0.39, 0.29) is 5.69 Å². The van der Waals surface area contributed by atoms with E-state index in [0.29, 0.717) is 22.5 Å². The third-order valence-electron chi connectivity index (χ3n) is 4.65. The Morgan fingerprint density at radius 3 is 2.62 bits per heavy atom. The number of aromatic nitrogens is 2. The molecule has 2 aromatic heterocycles. The number of fused-ring (bicyclic) bond motifs is 1. The molecule has 0 spiro atoms. The Labute approximate surface area is 170 Å². The average molecular weight is 407 g/mol. The van der Waals surface area contributed by atoms with Crippen LogP contribution in [0.2, 0.25) is 0 Å². The standard InChI is InChI=1S/C21H18FN5OS/c1-11-4-3-5-14(8-11)27(21(24)28)16-7-6-13(9-15(16)22)17-12(2)29-20-18(17)19(23)25-10-26-20/h3-10H,1-2H3,(H2,24,28)(H2,23,25,26). The molecule has 0 aliphatic rings. The van der Waals surface area contributed by atoms with Gasteiger partial charge in [-0.1, -0.05) is 18.2 Å². The molecular weight excluding hydrogens is 389 g/mol. The first-order chi connectivity index (χ1) is 13.9. The number of primary amides is 1. The van der Waals surface area contributed by atoms with Crippen LogP contribution in [0.4, 0.5) is 26.4 Å². The Balaban J connectivity index is 1.85. The molecule has 8 heteroatoms. The first-order valence-electron chi connectivity index (χ1n) is 8.82. The number of carbonyl (C=O) groups excluding carboxylic acids is 1. The molecule has 4 aromatic rings. The van der Waals surface area contributed by atoms with Crippen LogP contribution in [0.3, 0.4) is 0 Å². The molecule has 6 nitrogen and oxygen atoms in total. The van der Waals surface area contributed by atoms with Crippen molar-refractivity contribution >= 4 is 44.8 Å². The van der Waals surface area contributed by atoms with Gasteiger partial charge in [0.25, 0.3) is 0 Å². The fourth-order valence-electron chi connectivity index (χ4n) is 3.41. The summed E-state index contributed by atoms with van der Waals surface area (Å²) in [6, 6.07) is 11.0. The SMILES string of the molecule is Cc1cccc(N(C(N)=O)c2ccc(-c3c(C)sc4ncnc(N)c34)cc2F)c1. The molecule has 29 heavy (non-hydrogen) atoms. The lowest BCUT2D eigenvalue weighted by Gasteiger charge is -2.22. The maximum atomic E-state index is 15.2. The Bertz CT molecular complexity index is 1250. The van der Waals surface area contributed by atoms with Crippen molar-refractivity contribution < 1.29 is 9.18 Å². The Hall–Kier alpha value is -3.52.